The average Bonchev–Trinajstić information content (AvgIpc) is 1.59. The molecule has 10 aromatic carbocycles. The number of fused-ring (bicyclic) bond motifs is 23. The molecule has 9 aliphatic rings. The SMILES string of the molecule is C.CC.CC.CC.CC.CC.CC.CC.CC.CC.CC.CC.CN(C)C(C)(C)C(C)(C)C.CN(C)C(C)(C)C(C)(C)N1CCC2(CC1)c1ccccc1-c1ccccc12.CN1CCC2(CC1)c1ccccc1-c1ccccc12.CNC(C)(C)C(C)(C)N1CCC2(CC1)c1ccccc1-c1ccccc12.c1ccc2c(c1)-c1ccccc1C21CCNCC1.c1ccc2c(c1)Cc1ccccc1-2. The monoisotopic (exact) mass is 1850 g/mol. The number of piperidine rings is 4. The summed E-state index contributed by atoms with van der Waals surface area (Å²) in [5.74, 6) is 0. The number of rotatable bonds is 7. The first-order chi connectivity index (χ1) is 64.9. The van der Waals surface area contributed by atoms with E-state index in [1.165, 1.54) is 131 Å². The molecule has 7 heteroatoms. The number of likely N-dealkylation sites (N-methyl/N-ethyl adjacent to an activating group) is 2. The Morgan fingerprint density at radius 1 is 0.257 bits per heavy atom. The van der Waals surface area contributed by atoms with E-state index in [0.29, 0.717) is 5.41 Å². The van der Waals surface area contributed by atoms with Gasteiger partial charge >= 0.3 is 0 Å². The predicted octanol–water partition coefficient (Wildman–Crippen LogP) is 34.6. The summed E-state index contributed by atoms with van der Waals surface area (Å²) in [6.45, 7) is 83.6. The molecule has 0 atom stereocenters. The van der Waals surface area contributed by atoms with E-state index < -0.39 is 0 Å². The first-order valence-electron chi connectivity index (χ1n) is 53.8. The van der Waals surface area contributed by atoms with Crippen LogP contribution in [-0.4, -0.2) is 147 Å². The van der Waals surface area contributed by atoms with E-state index in [2.05, 4.69) is 410 Å². The lowest BCUT2D eigenvalue weighted by atomic mass is 9.69. The van der Waals surface area contributed by atoms with Crippen LogP contribution in [0.15, 0.2) is 243 Å². The van der Waals surface area contributed by atoms with Gasteiger partial charge in [0.1, 0.15) is 0 Å². The van der Waals surface area contributed by atoms with Crippen molar-refractivity contribution >= 4 is 0 Å². The maximum absolute atomic E-state index is 3.53. The summed E-state index contributed by atoms with van der Waals surface area (Å²) in [4.78, 5) is 12.5. The van der Waals surface area contributed by atoms with Gasteiger partial charge in [0.2, 0.25) is 0 Å². The molecule has 0 amide bonds. The standard InChI is InChI=1S/C25H34N2.C24H32N2.C18H19N.C17H17N.C13H10.C9H21N.11C2H6.CH4/c1-23(2,26(5)6)24(3,4)27-17-15-25(16-18-27)21-13-9-7-11-19(21)20-12-8-10-14-22(20)25;1-22(2,25-5)23(3,4)26-16-14-24(15-17-26)20-12-8-6-10-18(20)19-11-7-9-13-21(19)24;1-19-12-10-18(11-13-19)16-8-4-2-6-14(16)15-7-3-5-9-17(15)18;1-3-7-15-13(5-1)14-6-2-4-8-16(14)17(15)9-11-18-12-10-17;1-3-7-12-10(5-1)9-11-6-2-4-8-13(11)12;1-8(2,3)9(4,5)10(6)7;11*1-2;/h7-14H,15-18H2,1-6H3;6-13,25H,14-17H2,1-5H3;2-9H,10-13H2,1H3;1-8,18H,9-12H2;1-8H,9H2;1-7H3;11*1-2H3;1H4. The van der Waals surface area contributed by atoms with Crippen molar-refractivity contribution < 1.29 is 0 Å². The Kier molecular flexibility index (Phi) is 53.1. The Hall–Kier alpha value is -8.08. The second kappa shape index (κ2) is 58.2. The third-order valence-corrected chi connectivity index (χ3v) is 31.2. The minimum atomic E-state index is 0. The molecule has 7 nitrogen and oxygen atoms in total. The van der Waals surface area contributed by atoms with Crippen LogP contribution < -0.4 is 10.6 Å². The van der Waals surface area contributed by atoms with E-state index >= 15 is 0 Å². The van der Waals surface area contributed by atoms with Crippen LogP contribution in [0.1, 0.15) is 357 Å². The maximum Gasteiger partial charge on any atom is 0.0331 e. The van der Waals surface area contributed by atoms with Crippen LogP contribution in [0.2, 0.25) is 0 Å². The minimum Gasteiger partial charge on any atom is -0.317 e. The number of likely N-dealkylation sites (tertiary alicyclic amines) is 3. The van der Waals surface area contributed by atoms with Gasteiger partial charge in [-0.2, -0.15) is 0 Å². The van der Waals surface area contributed by atoms with Crippen molar-refractivity contribution in [2.45, 2.75) is 357 Å². The largest absolute Gasteiger partial charge is 0.317 e. The Balaban J connectivity index is 0.000000539. The summed E-state index contributed by atoms with van der Waals surface area (Å²) < 4.78 is 0. The van der Waals surface area contributed by atoms with Crippen LogP contribution in [-0.2, 0) is 28.1 Å². The third-order valence-electron chi connectivity index (χ3n) is 31.2. The van der Waals surface area contributed by atoms with Gasteiger partial charge in [-0.3, -0.25) is 9.80 Å². The Morgan fingerprint density at radius 3 is 0.654 bits per heavy atom. The summed E-state index contributed by atoms with van der Waals surface area (Å²) in [5.41, 5.74) is 31.8. The van der Waals surface area contributed by atoms with Crippen LogP contribution in [0.5, 0.6) is 0 Å². The molecule has 2 N–H and O–H groups in total. The van der Waals surface area contributed by atoms with Crippen molar-refractivity contribution in [3.8, 4) is 55.6 Å². The fraction of sp³-hybridized carbons (Fsp3) is 0.535. The summed E-state index contributed by atoms with van der Waals surface area (Å²) in [6, 6.07) is 89.6. The summed E-state index contributed by atoms with van der Waals surface area (Å²) in [6.07, 6.45) is 10.8. The van der Waals surface area contributed by atoms with Gasteiger partial charge in [-0.1, -0.05) is 423 Å². The van der Waals surface area contributed by atoms with Gasteiger partial charge in [0.15, 0.2) is 0 Å². The smallest absolute Gasteiger partial charge is 0.0331 e. The Morgan fingerprint density at radius 2 is 0.449 bits per heavy atom. The van der Waals surface area contributed by atoms with E-state index in [9.17, 15) is 0 Å². The molecule has 0 saturated carbocycles. The number of hydrogen-bond donors (Lipinski definition) is 2. The highest BCUT2D eigenvalue weighted by atomic mass is 15.3. The molecular formula is C129H203N7. The average molecular weight is 1850 g/mol. The minimum absolute atomic E-state index is 0. The lowest BCUT2D eigenvalue weighted by molar-refractivity contribution is -0.0311. The topological polar surface area (TPSA) is 40.3 Å². The van der Waals surface area contributed by atoms with Crippen molar-refractivity contribution in [2.24, 2.45) is 5.41 Å². The second-order valence-electron chi connectivity index (χ2n) is 38.4. The zero-order chi connectivity index (χ0) is 102. The van der Waals surface area contributed by atoms with Crippen LogP contribution in [0, 0.1) is 5.41 Å². The number of benzene rings is 10. The number of hydrogen-bond acceptors (Lipinski definition) is 7. The van der Waals surface area contributed by atoms with Crippen molar-refractivity contribution in [2.75, 3.05) is 94.6 Å². The van der Waals surface area contributed by atoms with Gasteiger partial charge in [-0.25, -0.2) is 0 Å². The maximum atomic E-state index is 3.53. The fourth-order valence-electron chi connectivity index (χ4n) is 21.0. The molecule has 4 spiro atoms. The molecule has 754 valence electrons. The highest BCUT2D eigenvalue weighted by Crippen LogP contribution is 2.59. The molecule has 10 aromatic rings. The molecule has 19 rings (SSSR count). The fourth-order valence-corrected chi connectivity index (χ4v) is 21.0. The van der Waals surface area contributed by atoms with Crippen molar-refractivity contribution in [3.63, 3.8) is 0 Å². The van der Waals surface area contributed by atoms with E-state index in [4.69, 9.17) is 0 Å². The van der Waals surface area contributed by atoms with E-state index in [-0.39, 0.29) is 56.8 Å². The van der Waals surface area contributed by atoms with Crippen molar-refractivity contribution in [3.05, 3.63) is 298 Å². The van der Waals surface area contributed by atoms with Gasteiger partial charge in [0.05, 0.1) is 0 Å². The first kappa shape index (κ1) is 124. The third kappa shape index (κ3) is 26.2. The Labute approximate surface area is 840 Å². The molecule has 5 aliphatic carbocycles. The number of nitrogens with one attached hydrogen (secondary N) is 2. The van der Waals surface area contributed by atoms with E-state index in [1.54, 1.807) is 44.5 Å². The van der Waals surface area contributed by atoms with Gasteiger partial charge in [-0.05, 0) is 338 Å². The summed E-state index contributed by atoms with van der Waals surface area (Å²) in [7, 11) is 13.0. The second-order valence-corrected chi connectivity index (χ2v) is 38.4. The normalized spacial score (nSPS) is 15.7. The molecule has 0 aromatic heterocycles. The first-order valence-corrected chi connectivity index (χ1v) is 53.8. The predicted molar refractivity (Wildman–Crippen MR) is 614 cm³/mol. The van der Waals surface area contributed by atoms with Gasteiger partial charge in [0.25, 0.3) is 0 Å². The molecular weight excluding hydrogens is 1650 g/mol. The highest BCUT2D eigenvalue weighted by molar-refractivity contribution is 5.85. The highest BCUT2D eigenvalue weighted by Gasteiger charge is 2.53. The van der Waals surface area contributed by atoms with Crippen LogP contribution >= 0.6 is 0 Å². The summed E-state index contributed by atoms with van der Waals surface area (Å²) >= 11 is 0. The van der Waals surface area contributed by atoms with Gasteiger partial charge in [-0.15, -0.1) is 0 Å². The molecule has 4 heterocycles. The van der Waals surface area contributed by atoms with E-state index in [1.807, 2.05) is 152 Å². The molecule has 4 saturated heterocycles. The molecule has 0 unspecified atom stereocenters. The molecule has 0 bridgehead atoms. The van der Waals surface area contributed by atoms with Crippen molar-refractivity contribution in [1.29, 1.82) is 0 Å². The summed E-state index contributed by atoms with van der Waals surface area (Å²) in [5, 5.41) is 7.03. The quantitative estimate of drug-likeness (QED) is 0.165. The lowest BCUT2D eigenvalue weighted by Gasteiger charge is -2.55. The number of nitrogens with zero attached hydrogens (tertiary/aromatic N) is 5. The zero-order valence-corrected chi connectivity index (χ0v) is 94.4. The molecule has 4 aliphatic heterocycles. The zero-order valence-electron chi connectivity index (χ0n) is 94.4. The van der Waals surface area contributed by atoms with Crippen LogP contribution in [0.3, 0.4) is 0 Å². The molecule has 4 fully saturated rings. The van der Waals surface area contributed by atoms with Crippen molar-refractivity contribution in [1.82, 2.24) is 35.1 Å². The molecule has 136 heavy (non-hydrogen) atoms. The van der Waals surface area contributed by atoms with Crippen LogP contribution in [0.4, 0.5) is 0 Å². The lowest BCUT2D eigenvalue weighted by Crippen LogP contribution is -2.65. The van der Waals surface area contributed by atoms with Crippen LogP contribution in [0.25, 0.3) is 55.6 Å². The van der Waals surface area contributed by atoms with Gasteiger partial charge < -0.3 is 25.3 Å². The Bertz CT molecular complexity index is 4730. The van der Waals surface area contributed by atoms with E-state index in [0.717, 1.165) is 45.7 Å². The molecule has 0 radical (unpaired) electrons. The van der Waals surface area contributed by atoms with Gasteiger partial charge in [0, 0.05) is 49.4 Å².